The van der Waals surface area contributed by atoms with Crippen LogP contribution < -0.4 is 0 Å². The summed E-state index contributed by atoms with van der Waals surface area (Å²) in [5.74, 6) is 0.845. The first-order valence-corrected chi connectivity index (χ1v) is 7.90. The molecule has 6 nitrogen and oxygen atoms in total. The summed E-state index contributed by atoms with van der Waals surface area (Å²) in [5.41, 5.74) is 2.40. The van der Waals surface area contributed by atoms with E-state index >= 15 is 0 Å². The Morgan fingerprint density at radius 3 is 3.00 bits per heavy atom. The number of amides is 1. The lowest BCUT2D eigenvalue weighted by molar-refractivity contribution is 0.0630. The van der Waals surface area contributed by atoms with Gasteiger partial charge in [-0.25, -0.2) is 9.50 Å². The van der Waals surface area contributed by atoms with E-state index in [-0.39, 0.29) is 11.9 Å². The average Bonchev–Trinajstić information content (AvgIpc) is 3.11. The maximum absolute atomic E-state index is 12.9. The number of carbonyl (C=O) groups excluding carboxylic acids is 1. The van der Waals surface area contributed by atoms with Gasteiger partial charge in [0.05, 0.1) is 16.6 Å². The molecule has 0 fully saturated rings. The van der Waals surface area contributed by atoms with Gasteiger partial charge in [0.2, 0.25) is 0 Å². The van der Waals surface area contributed by atoms with E-state index in [4.69, 9.17) is 11.6 Å². The Balaban J connectivity index is 1.68. The third-order valence-corrected chi connectivity index (χ3v) is 4.62. The van der Waals surface area contributed by atoms with Crippen molar-refractivity contribution in [3.63, 3.8) is 0 Å². The number of hydrogen-bond donors (Lipinski definition) is 0. The fourth-order valence-corrected chi connectivity index (χ4v) is 3.29. The van der Waals surface area contributed by atoms with Gasteiger partial charge >= 0.3 is 0 Å². The number of imidazole rings is 1. The van der Waals surface area contributed by atoms with E-state index in [1.807, 2.05) is 31.0 Å². The van der Waals surface area contributed by atoms with Crippen molar-refractivity contribution in [1.29, 1.82) is 0 Å². The molecule has 0 N–H and O–H groups in total. The summed E-state index contributed by atoms with van der Waals surface area (Å²) in [6.45, 7) is 5.45. The summed E-state index contributed by atoms with van der Waals surface area (Å²) < 4.78 is 3.80. The maximum atomic E-state index is 12.9. The average molecular weight is 330 g/mol. The summed E-state index contributed by atoms with van der Waals surface area (Å²) in [5, 5.41) is 4.94. The number of nitrogens with zero attached hydrogens (tertiary/aromatic N) is 5. The topological polar surface area (TPSA) is 55.4 Å². The number of hydrogen-bond acceptors (Lipinski definition) is 3. The van der Waals surface area contributed by atoms with Gasteiger partial charge in [0.1, 0.15) is 5.82 Å². The SMILES string of the molecule is Cc1cnc2n1CCN(C(=O)c1cc3ccc(Cl)cn3n1)C2C. The van der Waals surface area contributed by atoms with Crippen molar-refractivity contribution in [3.05, 3.63) is 52.8 Å². The van der Waals surface area contributed by atoms with Gasteiger partial charge in [0, 0.05) is 31.2 Å². The van der Waals surface area contributed by atoms with Crippen molar-refractivity contribution in [2.24, 2.45) is 0 Å². The summed E-state index contributed by atoms with van der Waals surface area (Å²) >= 11 is 5.97. The second-order valence-electron chi connectivity index (χ2n) is 5.83. The van der Waals surface area contributed by atoms with E-state index in [9.17, 15) is 4.79 Å². The molecular weight excluding hydrogens is 314 g/mol. The van der Waals surface area contributed by atoms with Crippen molar-refractivity contribution >= 4 is 23.0 Å². The molecule has 0 spiro atoms. The van der Waals surface area contributed by atoms with Crippen molar-refractivity contribution in [2.45, 2.75) is 26.4 Å². The van der Waals surface area contributed by atoms with Crippen LogP contribution in [-0.2, 0) is 6.54 Å². The molecule has 4 heterocycles. The predicted octanol–water partition coefficient (Wildman–Crippen LogP) is 2.71. The molecule has 1 unspecified atom stereocenters. The summed E-state index contributed by atoms with van der Waals surface area (Å²) in [6, 6.07) is 5.36. The van der Waals surface area contributed by atoms with E-state index in [0.29, 0.717) is 17.3 Å². The van der Waals surface area contributed by atoms with Gasteiger partial charge in [-0.05, 0) is 32.0 Å². The second-order valence-corrected chi connectivity index (χ2v) is 6.27. The van der Waals surface area contributed by atoms with E-state index < -0.39 is 0 Å². The van der Waals surface area contributed by atoms with Crippen LogP contribution in [0.3, 0.4) is 0 Å². The molecule has 0 aromatic carbocycles. The smallest absolute Gasteiger partial charge is 0.275 e. The van der Waals surface area contributed by atoms with Gasteiger partial charge in [-0.15, -0.1) is 0 Å². The first-order valence-electron chi connectivity index (χ1n) is 7.52. The zero-order valence-electron chi connectivity index (χ0n) is 12.9. The fraction of sp³-hybridized carbons (Fsp3) is 0.312. The highest BCUT2D eigenvalue weighted by Gasteiger charge is 2.31. The lowest BCUT2D eigenvalue weighted by Gasteiger charge is -2.33. The number of carbonyl (C=O) groups is 1. The molecule has 1 amide bonds. The second kappa shape index (κ2) is 5.09. The zero-order valence-corrected chi connectivity index (χ0v) is 13.7. The van der Waals surface area contributed by atoms with Crippen LogP contribution >= 0.6 is 11.6 Å². The number of aryl methyl sites for hydroxylation is 1. The largest absolute Gasteiger partial charge is 0.329 e. The van der Waals surface area contributed by atoms with E-state index in [1.54, 1.807) is 22.8 Å². The predicted molar refractivity (Wildman–Crippen MR) is 86.6 cm³/mol. The molecule has 3 aromatic rings. The van der Waals surface area contributed by atoms with E-state index in [1.165, 1.54) is 0 Å². The third kappa shape index (κ3) is 2.21. The van der Waals surface area contributed by atoms with Gasteiger partial charge in [-0.3, -0.25) is 4.79 Å². The Labute approximate surface area is 138 Å². The Kier molecular flexibility index (Phi) is 3.16. The number of pyridine rings is 1. The lowest BCUT2D eigenvalue weighted by atomic mass is 10.2. The monoisotopic (exact) mass is 329 g/mol. The van der Waals surface area contributed by atoms with Crippen LogP contribution in [0.2, 0.25) is 5.02 Å². The van der Waals surface area contributed by atoms with Gasteiger partial charge < -0.3 is 9.47 Å². The molecule has 0 radical (unpaired) electrons. The molecule has 0 aliphatic carbocycles. The molecule has 4 rings (SSSR count). The van der Waals surface area contributed by atoms with Gasteiger partial charge in [0.25, 0.3) is 5.91 Å². The van der Waals surface area contributed by atoms with Crippen LogP contribution in [0.5, 0.6) is 0 Å². The summed E-state index contributed by atoms with van der Waals surface area (Å²) in [7, 11) is 0. The minimum Gasteiger partial charge on any atom is -0.329 e. The maximum Gasteiger partial charge on any atom is 0.275 e. The Morgan fingerprint density at radius 2 is 2.17 bits per heavy atom. The third-order valence-electron chi connectivity index (χ3n) is 4.40. The van der Waals surface area contributed by atoms with E-state index in [2.05, 4.69) is 14.6 Å². The normalized spacial score (nSPS) is 17.5. The van der Waals surface area contributed by atoms with E-state index in [0.717, 1.165) is 23.6 Å². The van der Waals surface area contributed by atoms with Gasteiger partial charge in [-0.1, -0.05) is 11.6 Å². The molecule has 7 heteroatoms. The van der Waals surface area contributed by atoms with Crippen LogP contribution in [-0.4, -0.2) is 36.5 Å². The van der Waals surface area contributed by atoms with Gasteiger partial charge in [0.15, 0.2) is 5.69 Å². The standard InChI is InChI=1S/C16H16ClN5O/c1-10-8-18-15-11(2)21(6-5-20(10)15)16(23)14-7-13-4-3-12(17)9-22(13)19-14/h3-4,7-9,11H,5-6H2,1-2H3. The van der Waals surface area contributed by atoms with Crippen LogP contribution in [0.25, 0.3) is 5.52 Å². The molecule has 0 saturated heterocycles. The quantitative estimate of drug-likeness (QED) is 0.689. The van der Waals surface area contributed by atoms with Crippen molar-refractivity contribution in [2.75, 3.05) is 6.54 Å². The van der Waals surface area contributed by atoms with Crippen molar-refractivity contribution < 1.29 is 4.79 Å². The first-order chi connectivity index (χ1) is 11.0. The molecule has 118 valence electrons. The highest BCUT2D eigenvalue weighted by Crippen LogP contribution is 2.26. The molecule has 0 saturated carbocycles. The lowest BCUT2D eigenvalue weighted by Crippen LogP contribution is -2.41. The number of aromatic nitrogens is 4. The molecule has 1 atom stereocenters. The number of fused-ring (bicyclic) bond motifs is 2. The molecule has 23 heavy (non-hydrogen) atoms. The number of halogens is 1. The highest BCUT2D eigenvalue weighted by atomic mass is 35.5. The first kappa shape index (κ1) is 14.3. The summed E-state index contributed by atoms with van der Waals surface area (Å²) in [6.07, 6.45) is 3.55. The molecule has 1 aliphatic heterocycles. The molecule has 1 aliphatic rings. The summed E-state index contributed by atoms with van der Waals surface area (Å²) in [4.78, 5) is 19.1. The minimum atomic E-state index is -0.0794. The molecule has 3 aromatic heterocycles. The van der Waals surface area contributed by atoms with Crippen molar-refractivity contribution in [1.82, 2.24) is 24.1 Å². The van der Waals surface area contributed by atoms with Crippen LogP contribution in [0.4, 0.5) is 0 Å². The Bertz CT molecular complexity index is 912. The Hall–Kier alpha value is -2.34. The zero-order chi connectivity index (χ0) is 16.1. The molecular formula is C16H16ClN5O. The van der Waals surface area contributed by atoms with Crippen LogP contribution in [0.15, 0.2) is 30.6 Å². The van der Waals surface area contributed by atoms with Crippen LogP contribution in [0.1, 0.15) is 35.0 Å². The molecule has 0 bridgehead atoms. The number of rotatable bonds is 1. The fourth-order valence-electron chi connectivity index (χ4n) is 3.14. The van der Waals surface area contributed by atoms with Crippen LogP contribution in [0, 0.1) is 6.92 Å². The van der Waals surface area contributed by atoms with Crippen molar-refractivity contribution in [3.8, 4) is 0 Å². The minimum absolute atomic E-state index is 0.0710. The Morgan fingerprint density at radius 1 is 1.35 bits per heavy atom. The van der Waals surface area contributed by atoms with Gasteiger partial charge in [-0.2, -0.15) is 5.10 Å². The highest BCUT2D eigenvalue weighted by molar-refractivity contribution is 6.30.